The molecule has 0 unspecified atom stereocenters. The van der Waals surface area contributed by atoms with Crippen LogP contribution in [0.25, 0.3) is 11.0 Å². The van der Waals surface area contributed by atoms with Gasteiger partial charge in [0.15, 0.2) is 0 Å². The summed E-state index contributed by atoms with van der Waals surface area (Å²) < 4.78 is 13.3. The number of nitrogens with one attached hydrogen (secondary N) is 2. The zero-order valence-corrected chi connectivity index (χ0v) is 18.0. The van der Waals surface area contributed by atoms with Gasteiger partial charge in [0.1, 0.15) is 5.60 Å². The van der Waals surface area contributed by atoms with E-state index in [1.807, 2.05) is 40.9 Å². The molecule has 2 aliphatic heterocycles. The number of hydrogen-bond acceptors (Lipinski definition) is 6. The van der Waals surface area contributed by atoms with Crippen molar-refractivity contribution in [3.05, 3.63) is 41.2 Å². The van der Waals surface area contributed by atoms with Crippen molar-refractivity contribution in [1.82, 2.24) is 24.6 Å². The molecule has 9 heteroatoms. The molecular weight excluding hydrogens is 396 g/mol. The lowest BCUT2D eigenvalue weighted by Gasteiger charge is -2.43. The fraction of sp³-hybridized carbons (Fsp3) is 0.500. The van der Waals surface area contributed by atoms with E-state index in [9.17, 15) is 4.79 Å². The molecule has 1 amide bonds. The molecule has 0 saturated carbocycles. The minimum Gasteiger partial charge on any atom is -0.383 e. The molecule has 1 fully saturated rings. The number of aryl methyl sites for hydroxylation is 1. The number of piperidine rings is 1. The Hall–Kier alpha value is -2.91. The minimum absolute atomic E-state index is 0.0388. The third-order valence-electron chi connectivity index (χ3n) is 6.50. The first-order chi connectivity index (χ1) is 15.1. The number of imidazole rings is 1. The summed E-state index contributed by atoms with van der Waals surface area (Å²) in [5.41, 5.74) is 4.44. The molecule has 31 heavy (non-hydrogen) atoms. The van der Waals surface area contributed by atoms with Gasteiger partial charge >= 0.3 is 0 Å². The molecule has 164 valence electrons. The molecule has 1 aromatic carbocycles. The molecule has 0 bridgehead atoms. The molecule has 1 saturated heterocycles. The fourth-order valence-corrected chi connectivity index (χ4v) is 4.73. The highest BCUT2D eigenvalue weighted by atomic mass is 16.5. The van der Waals surface area contributed by atoms with Crippen LogP contribution in [0.4, 0.5) is 5.95 Å². The molecule has 2 N–H and O–H groups in total. The van der Waals surface area contributed by atoms with Gasteiger partial charge in [-0.2, -0.15) is 5.10 Å². The van der Waals surface area contributed by atoms with Gasteiger partial charge in [-0.15, -0.1) is 0 Å². The van der Waals surface area contributed by atoms with Crippen LogP contribution in [-0.2, 0) is 28.5 Å². The number of nitrogens with zero attached hydrogens (tertiary/aromatic N) is 4. The third-order valence-corrected chi connectivity index (χ3v) is 6.50. The van der Waals surface area contributed by atoms with E-state index in [4.69, 9.17) is 9.47 Å². The second kappa shape index (κ2) is 7.97. The molecule has 3 aromatic rings. The molecule has 2 aliphatic rings. The van der Waals surface area contributed by atoms with Crippen LogP contribution in [0.5, 0.6) is 0 Å². The Morgan fingerprint density at radius 2 is 2.19 bits per heavy atom. The van der Waals surface area contributed by atoms with Gasteiger partial charge in [0.2, 0.25) is 5.95 Å². The van der Waals surface area contributed by atoms with Crippen molar-refractivity contribution in [2.24, 2.45) is 7.05 Å². The Bertz CT molecular complexity index is 1100. The number of H-pyrrole nitrogens is 1. The highest BCUT2D eigenvalue weighted by molar-refractivity contribution is 5.97. The summed E-state index contributed by atoms with van der Waals surface area (Å²) in [4.78, 5) is 19.8. The van der Waals surface area contributed by atoms with Gasteiger partial charge in [-0.1, -0.05) is 0 Å². The highest BCUT2D eigenvalue weighted by Gasteiger charge is 2.43. The van der Waals surface area contributed by atoms with Crippen LogP contribution in [0.1, 0.15) is 34.5 Å². The van der Waals surface area contributed by atoms with Crippen molar-refractivity contribution < 1.29 is 14.3 Å². The number of carbonyl (C=O) groups is 1. The van der Waals surface area contributed by atoms with Gasteiger partial charge in [0, 0.05) is 39.4 Å². The van der Waals surface area contributed by atoms with Crippen molar-refractivity contribution in [3.8, 4) is 0 Å². The maximum absolute atomic E-state index is 13.2. The summed E-state index contributed by atoms with van der Waals surface area (Å²) >= 11 is 0. The van der Waals surface area contributed by atoms with Gasteiger partial charge in [0.25, 0.3) is 5.91 Å². The monoisotopic (exact) mass is 424 g/mol. The molecule has 2 aromatic heterocycles. The minimum atomic E-state index is -0.339. The second-order valence-corrected chi connectivity index (χ2v) is 8.27. The Balaban J connectivity index is 1.31. The summed E-state index contributed by atoms with van der Waals surface area (Å²) in [6.45, 7) is 3.29. The predicted octanol–water partition coefficient (Wildman–Crippen LogP) is 2.06. The van der Waals surface area contributed by atoms with Gasteiger partial charge < -0.3 is 24.3 Å². The van der Waals surface area contributed by atoms with E-state index in [1.54, 1.807) is 7.11 Å². The number of rotatable bonds is 5. The second-order valence-electron chi connectivity index (χ2n) is 8.27. The lowest BCUT2D eigenvalue weighted by molar-refractivity contribution is -0.0962. The summed E-state index contributed by atoms with van der Waals surface area (Å²) in [6.07, 6.45) is 4.33. The van der Waals surface area contributed by atoms with E-state index in [2.05, 4.69) is 20.5 Å². The van der Waals surface area contributed by atoms with Crippen LogP contribution >= 0.6 is 0 Å². The lowest BCUT2D eigenvalue weighted by atomic mass is 9.83. The summed E-state index contributed by atoms with van der Waals surface area (Å²) in [6, 6.07) is 5.73. The molecule has 5 rings (SSSR count). The Morgan fingerprint density at radius 3 is 3.00 bits per heavy atom. The van der Waals surface area contributed by atoms with E-state index in [0.29, 0.717) is 38.4 Å². The Kier molecular flexibility index (Phi) is 5.15. The number of hydrogen-bond donors (Lipinski definition) is 2. The predicted molar refractivity (Wildman–Crippen MR) is 116 cm³/mol. The van der Waals surface area contributed by atoms with E-state index < -0.39 is 0 Å². The molecular formula is C22H28N6O3. The van der Waals surface area contributed by atoms with Crippen molar-refractivity contribution >= 4 is 22.9 Å². The van der Waals surface area contributed by atoms with Crippen LogP contribution in [0.3, 0.4) is 0 Å². The number of aromatic nitrogens is 4. The zero-order chi connectivity index (χ0) is 21.4. The zero-order valence-electron chi connectivity index (χ0n) is 18.0. The molecule has 0 aliphatic carbocycles. The molecule has 0 atom stereocenters. The van der Waals surface area contributed by atoms with Crippen molar-refractivity contribution in [1.29, 1.82) is 0 Å². The van der Waals surface area contributed by atoms with E-state index in [0.717, 1.165) is 41.9 Å². The van der Waals surface area contributed by atoms with E-state index in [-0.39, 0.29) is 11.5 Å². The van der Waals surface area contributed by atoms with Gasteiger partial charge in [-0.05, 0) is 43.0 Å². The van der Waals surface area contributed by atoms with Crippen LogP contribution in [0.15, 0.2) is 24.4 Å². The SMILES string of the molecule is COCCNc1nc2cc(C(=O)N3CCC4(CC3)OCCc3cn[nH]c34)ccc2n1C. The summed E-state index contributed by atoms with van der Waals surface area (Å²) in [5, 5.41) is 10.6. The molecule has 4 heterocycles. The van der Waals surface area contributed by atoms with Crippen molar-refractivity contribution in [2.45, 2.75) is 24.9 Å². The number of benzene rings is 1. The van der Waals surface area contributed by atoms with Crippen LogP contribution in [-0.4, -0.2) is 70.5 Å². The quantitative estimate of drug-likeness (QED) is 0.609. The number of anilines is 1. The maximum Gasteiger partial charge on any atom is 0.253 e. The molecule has 1 spiro atoms. The summed E-state index contributed by atoms with van der Waals surface area (Å²) in [5.74, 6) is 0.804. The standard InChI is InChI=1S/C22H28N6O3/c1-27-18-4-3-15(13-17(18)25-21(27)23-8-12-30-2)20(29)28-9-6-22(7-10-28)19-16(5-11-31-22)14-24-26-19/h3-4,13-14H,5-12H2,1-2H3,(H,23,25)(H,24,26). The third kappa shape index (κ3) is 3.47. The van der Waals surface area contributed by atoms with Gasteiger partial charge in [-0.25, -0.2) is 4.98 Å². The first kappa shape index (κ1) is 20.0. The van der Waals surface area contributed by atoms with Gasteiger partial charge in [-0.3, -0.25) is 9.89 Å². The van der Waals surface area contributed by atoms with Crippen LogP contribution in [0, 0.1) is 0 Å². The lowest BCUT2D eigenvalue weighted by Crippen LogP contribution is -2.48. The van der Waals surface area contributed by atoms with Crippen molar-refractivity contribution in [2.75, 3.05) is 45.3 Å². The average Bonchev–Trinajstić information content (AvgIpc) is 3.40. The number of amides is 1. The number of aromatic amines is 1. The first-order valence-electron chi connectivity index (χ1n) is 10.8. The van der Waals surface area contributed by atoms with Crippen molar-refractivity contribution in [3.63, 3.8) is 0 Å². The van der Waals surface area contributed by atoms with E-state index in [1.165, 1.54) is 5.56 Å². The molecule has 0 radical (unpaired) electrons. The average molecular weight is 425 g/mol. The Labute approximate surface area is 180 Å². The highest BCUT2D eigenvalue weighted by Crippen LogP contribution is 2.40. The van der Waals surface area contributed by atoms with Crippen LogP contribution in [0.2, 0.25) is 0 Å². The smallest absolute Gasteiger partial charge is 0.253 e. The largest absolute Gasteiger partial charge is 0.383 e. The first-order valence-corrected chi connectivity index (χ1v) is 10.8. The maximum atomic E-state index is 13.2. The summed E-state index contributed by atoms with van der Waals surface area (Å²) in [7, 11) is 3.63. The normalized spacial score (nSPS) is 17.8. The molecule has 9 nitrogen and oxygen atoms in total. The van der Waals surface area contributed by atoms with Crippen LogP contribution < -0.4 is 5.32 Å². The number of ether oxygens (including phenoxy) is 2. The number of likely N-dealkylation sites (tertiary alicyclic amines) is 1. The number of fused-ring (bicyclic) bond motifs is 3. The Morgan fingerprint density at radius 1 is 1.35 bits per heavy atom. The number of carbonyl (C=O) groups excluding carboxylic acids is 1. The van der Waals surface area contributed by atoms with E-state index >= 15 is 0 Å². The fourth-order valence-electron chi connectivity index (χ4n) is 4.73. The topological polar surface area (TPSA) is 97.3 Å². The van der Waals surface area contributed by atoms with Gasteiger partial charge in [0.05, 0.1) is 36.1 Å². The number of methoxy groups -OCH3 is 1.